The largest absolute Gasteiger partial charge is 0.493 e. The van der Waals surface area contributed by atoms with Crippen molar-refractivity contribution in [1.29, 1.82) is 5.26 Å². The second-order valence-electron chi connectivity index (χ2n) is 6.66. The highest BCUT2D eigenvalue weighted by molar-refractivity contribution is 9.10. The summed E-state index contributed by atoms with van der Waals surface area (Å²) in [6.45, 7) is 0.000161. The lowest BCUT2D eigenvalue weighted by Crippen LogP contribution is -2.13. The van der Waals surface area contributed by atoms with E-state index in [1.165, 1.54) is 31.4 Å². The zero-order valence-corrected chi connectivity index (χ0v) is 20.3. The molecule has 3 aromatic carbocycles. The van der Waals surface area contributed by atoms with Crippen molar-refractivity contribution in [1.82, 2.24) is 0 Å². The number of hydrogen-bond acceptors (Lipinski definition) is 4. The molecule has 0 aliphatic heterocycles. The number of nitrogens with one attached hydrogen (secondary N) is 1. The lowest BCUT2D eigenvalue weighted by molar-refractivity contribution is -0.112. The summed E-state index contributed by atoms with van der Waals surface area (Å²) in [5.74, 6) is -0.283. The van der Waals surface area contributed by atoms with E-state index in [4.69, 9.17) is 32.7 Å². The highest BCUT2D eigenvalue weighted by atomic mass is 79.9. The second kappa shape index (κ2) is 11.2. The summed E-state index contributed by atoms with van der Waals surface area (Å²) in [6, 6.07) is 16.0. The summed E-state index contributed by atoms with van der Waals surface area (Å²) in [5.41, 5.74) is 1.14. The molecule has 0 radical (unpaired) electrons. The smallest absolute Gasteiger partial charge is 0.266 e. The quantitative estimate of drug-likeness (QED) is 0.254. The molecule has 0 unspecified atom stereocenters. The molecule has 9 heteroatoms. The van der Waals surface area contributed by atoms with Crippen LogP contribution in [0.5, 0.6) is 11.5 Å². The van der Waals surface area contributed by atoms with Gasteiger partial charge in [0, 0.05) is 15.7 Å². The van der Waals surface area contributed by atoms with Gasteiger partial charge in [-0.05, 0) is 48.0 Å². The lowest BCUT2D eigenvalue weighted by Gasteiger charge is -2.13. The number of rotatable bonds is 7. The number of halogens is 4. The molecule has 0 heterocycles. The molecule has 3 aromatic rings. The number of nitrogens with zero attached hydrogens (tertiary/aromatic N) is 1. The maximum atomic E-state index is 13.9. The number of anilines is 1. The number of benzene rings is 3. The van der Waals surface area contributed by atoms with Crippen LogP contribution in [0.25, 0.3) is 6.08 Å². The van der Waals surface area contributed by atoms with Gasteiger partial charge in [-0.1, -0.05) is 57.3 Å². The molecule has 3 rings (SSSR count). The summed E-state index contributed by atoms with van der Waals surface area (Å²) < 4.78 is 25.5. The average Bonchev–Trinajstić information content (AvgIpc) is 2.80. The molecule has 0 atom stereocenters. The third-order valence-corrected chi connectivity index (χ3v) is 5.89. The van der Waals surface area contributed by atoms with Gasteiger partial charge in [0.25, 0.3) is 5.91 Å². The number of ether oxygens (including phenoxy) is 2. The normalized spacial score (nSPS) is 11.0. The molecule has 1 N–H and O–H groups in total. The first-order chi connectivity index (χ1) is 15.8. The van der Waals surface area contributed by atoms with Gasteiger partial charge in [-0.2, -0.15) is 5.26 Å². The zero-order chi connectivity index (χ0) is 24.0. The predicted octanol–water partition coefficient (Wildman–Crippen LogP) is 7.03. The average molecular weight is 550 g/mol. The van der Waals surface area contributed by atoms with Crippen LogP contribution in [0, 0.1) is 17.1 Å². The molecule has 5 nitrogen and oxygen atoms in total. The Hall–Kier alpha value is -3.05. The summed E-state index contributed by atoms with van der Waals surface area (Å²) in [4.78, 5) is 12.6. The molecule has 0 aliphatic carbocycles. The van der Waals surface area contributed by atoms with Crippen molar-refractivity contribution in [2.75, 3.05) is 12.4 Å². The van der Waals surface area contributed by atoms with Gasteiger partial charge in [0.2, 0.25) is 0 Å². The molecule has 168 valence electrons. The maximum absolute atomic E-state index is 13.9. The molecule has 0 bridgehead atoms. The Labute approximate surface area is 208 Å². The first-order valence-corrected chi connectivity index (χ1v) is 11.0. The van der Waals surface area contributed by atoms with Crippen LogP contribution >= 0.6 is 39.1 Å². The molecule has 0 aromatic heterocycles. The van der Waals surface area contributed by atoms with Gasteiger partial charge in [-0.15, -0.1) is 0 Å². The first-order valence-electron chi connectivity index (χ1n) is 9.44. The molecule has 0 saturated heterocycles. The Bertz CT molecular complexity index is 1280. The minimum absolute atomic E-state index is 0.000161. The Kier molecular flexibility index (Phi) is 8.34. The van der Waals surface area contributed by atoms with Gasteiger partial charge in [-0.3, -0.25) is 4.79 Å². The van der Waals surface area contributed by atoms with Crippen LogP contribution in [-0.4, -0.2) is 13.0 Å². The molecule has 33 heavy (non-hydrogen) atoms. The van der Waals surface area contributed by atoms with E-state index in [-0.39, 0.29) is 23.0 Å². The fourth-order valence-corrected chi connectivity index (χ4v) is 3.52. The second-order valence-corrected chi connectivity index (χ2v) is 8.33. The predicted molar refractivity (Wildman–Crippen MR) is 130 cm³/mol. The van der Waals surface area contributed by atoms with Crippen LogP contribution in [0.4, 0.5) is 10.1 Å². The third kappa shape index (κ3) is 6.26. The minimum Gasteiger partial charge on any atom is -0.493 e. The van der Waals surface area contributed by atoms with E-state index < -0.39 is 5.91 Å². The monoisotopic (exact) mass is 548 g/mol. The molecular formula is C24H16BrCl2FN2O3. The van der Waals surface area contributed by atoms with Crippen molar-refractivity contribution in [3.8, 4) is 17.6 Å². The summed E-state index contributed by atoms with van der Waals surface area (Å²) >= 11 is 15.3. The number of carbonyl (C=O) groups is 1. The Balaban J connectivity index is 1.83. The summed E-state index contributed by atoms with van der Waals surface area (Å²) in [7, 11) is 1.45. The van der Waals surface area contributed by atoms with Gasteiger partial charge < -0.3 is 14.8 Å². The molecule has 1 amide bonds. The van der Waals surface area contributed by atoms with Crippen LogP contribution in [0.3, 0.4) is 0 Å². The SMILES string of the molecule is COc1cc(/C=C(\C#N)C(=O)Nc2ccc(Cl)c(Cl)c2)c(Br)cc1OCc1ccccc1F. The van der Waals surface area contributed by atoms with E-state index >= 15 is 0 Å². The van der Waals surface area contributed by atoms with E-state index in [0.717, 1.165) is 0 Å². The van der Waals surface area contributed by atoms with Crippen molar-refractivity contribution in [2.45, 2.75) is 6.61 Å². The van der Waals surface area contributed by atoms with Crippen LogP contribution in [-0.2, 0) is 11.4 Å². The molecule has 0 aliphatic rings. The number of hydrogen-bond donors (Lipinski definition) is 1. The van der Waals surface area contributed by atoms with Crippen molar-refractivity contribution in [2.24, 2.45) is 0 Å². The Morgan fingerprint density at radius 1 is 1.15 bits per heavy atom. The van der Waals surface area contributed by atoms with Crippen molar-refractivity contribution in [3.63, 3.8) is 0 Å². The number of nitriles is 1. The van der Waals surface area contributed by atoms with Gasteiger partial charge in [-0.25, -0.2) is 4.39 Å². The van der Waals surface area contributed by atoms with E-state index in [2.05, 4.69) is 21.2 Å². The molecule has 0 saturated carbocycles. The summed E-state index contributed by atoms with van der Waals surface area (Å²) in [5, 5.41) is 12.7. The number of carbonyl (C=O) groups excluding carboxylic acids is 1. The van der Waals surface area contributed by atoms with Crippen LogP contribution < -0.4 is 14.8 Å². The van der Waals surface area contributed by atoms with E-state index in [0.29, 0.717) is 37.8 Å². The standard InChI is InChI=1S/C24H16BrCl2FN2O3/c1-32-22-9-15(18(25)11-23(22)33-13-14-4-2-3-5-21(14)28)8-16(12-29)24(31)30-17-6-7-19(26)20(27)10-17/h2-11H,13H2,1H3,(H,30,31)/b16-8+. The van der Waals surface area contributed by atoms with Crippen LogP contribution in [0.15, 0.2) is 64.6 Å². The zero-order valence-electron chi connectivity index (χ0n) is 17.2. The first kappa shape index (κ1) is 24.6. The lowest BCUT2D eigenvalue weighted by atomic mass is 10.1. The maximum Gasteiger partial charge on any atom is 0.266 e. The summed E-state index contributed by atoms with van der Waals surface area (Å²) in [6.07, 6.45) is 1.40. The molecule has 0 fully saturated rings. The van der Waals surface area contributed by atoms with Gasteiger partial charge in [0.05, 0.1) is 17.2 Å². The topological polar surface area (TPSA) is 71.3 Å². The minimum atomic E-state index is -0.623. The van der Waals surface area contributed by atoms with Crippen molar-refractivity contribution in [3.05, 3.63) is 91.6 Å². The molecule has 0 spiro atoms. The Morgan fingerprint density at radius 2 is 1.91 bits per heavy atom. The number of amides is 1. The van der Waals surface area contributed by atoms with E-state index in [9.17, 15) is 14.4 Å². The highest BCUT2D eigenvalue weighted by Crippen LogP contribution is 2.35. The van der Waals surface area contributed by atoms with E-state index in [1.807, 2.05) is 6.07 Å². The van der Waals surface area contributed by atoms with Gasteiger partial charge >= 0.3 is 0 Å². The fourth-order valence-electron chi connectivity index (χ4n) is 2.78. The van der Waals surface area contributed by atoms with Crippen LogP contribution in [0.1, 0.15) is 11.1 Å². The van der Waals surface area contributed by atoms with Gasteiger partial charge in [0.15, 0.2) is 11.5 Å². The van der Waals surface area contributed by atoms with Crippen LogP contribution in [0.2, 0.25) is 10.0 Å². The molecular weight excluding hydrogens is 534 g/mol. The highest BCUT2D eigenvalue weighted by Gasteiger charge is 2.15. The van der Waals surface area contributed by atoms with Gasteiger partial charge in [0.1, 0.15) is 24.1 Å². The van der Waals surface area contributed by atoms with Crippen molar-refractivity contribution < 1.29 is 18.7 Å². The fraction of sp³-hybridized carbons (Fsp3) is 0.0833. The van der Waals surface area contributed by atoms with Crippen molar-refractivity contribution >= 4 is 56.8 Å². The number of methoxy groups -OCH3 is 1. The third-order valence-electron chi connectivity index (χ3n) is 4.47. The van der Waals surface area contributed by atoms with E-state index in [1.54, 1.807) is 36.4 Å². The Morgan fingerprint density at radius 3 is 2.58 bits per heavy atom.